The van der Waals surface area contributed by atoms with Crippen molar-refractivity contribution in [1.29, 1.82) is 0 Å². The Morgan fingerprint density at radius 1 is 0.892 bits per heavy atom. The summed E-state index contributed by atoms with van der Waals surface area (Å²) in [5.74, 6) is -1.07. The van der Waals surface area contributed by atoms with Crippen LogP contribution < -0.4 is 19.9 Å². The number of nitrogens with zero attached hydrogens (tertiary/aromatic N) is 2. The van der Waals surface area contributed by atoms with Crippen LogP contribution in [0.3, 0.4) is 0 Å². The number of para-hydroxylation sites is 1. The topological polar surface area (TPSA) is 90.0 Å². The summed E-state index contributed by atoms with van der Waals surface area (Å²) in [7, 11) is 2.49. The number of amides is 2. The smallest absolute Gasteiger partial charge is 0.494 e. The molecule has 11 heteroatoms. The molecule has 0 radical (unpaired) electrons. The van der Waals surface area contributed by atoms with E-state index in [0.717, 1.165) is 36.4 Å². The molecule has 190 valence electrons. The molecule has 1 heterocycles. The summed E-state index contributed by atoms with van der Waals surface area (Å²) in [6, 6.07) is 20.3. The van der Waals surface area contributed by atoms with E-state index in [0.29, 0.717) is 22.2 Å². The standard InChI is InChI=1S/C26H20F3N3O5/c1-35-23-21(19-10-6-7-11-20(19)30-22(23)16-8-4-3-5-9-16)24(33)31-32(25(34)36-2)17-12-14-18(15-13-17)37-26(27,28)29/h3-15H,1-2H3,(H,31,33). The molecule has 0 aliphatic rings. The number of benzene rings is 3. The molecule has 4 aromatic rings. The van der Waals surface area contributed by atoms with Gasteiger partial charge in [-0.3, -0.25) is 10.2 Å². The minimum atomic E-state index is -4.88. The Labute approximate surface area is 209 Å². The summed E-state index contributed by atoms with van der Waals surface area (Å²) in [6.07, 6.45) is -5.87. The van der Waals surface area contributed by atoms with Crippen molar-refractivity contribution in [1.82, 2.24) is 10.4 Å². The molecular weight excluding hydrogens is 491 g/mol. The number of hydrazine groups is 1. The molecule has 0 aliphatic carbocycles. The lowest BCUT2D eigenvalue weighted by molar-refractivity contribution is -0.274. The number of carbonyl (C=O) groups excluding carboxylic acids is 2. The Morgan fingerprint density at radius 3 is 2.16 bits per heavy atom. The second kappa shape index (κ2) is 10.4. The van der Waals surface area contributed by atoms with E-state index in [4.69, 9.17) is 9.47 Å². The van der Waals surface area contributed by atoms with Crippen molar-refractivity contribution in [3.8, 4) is 22.8 Å². The van der Waals surface area contributed by atoms with Crippen LogP contribution in [0.4, 0.5) is 23.7 Å². The van der Waals surface area contributed by atoms with Gasteiger partial charge in [-0.2, -0.15) is 5.01 Å². The summed E-state index contributed by atoms with van der Waals surface area (Å²) in [4.78, 5) is 30.8. The lowest BCUT2D eigenvalue weighted by Crippen LogP contribution is -2.46. The van der Waals surface area contributed by atoms with Crippen LogP contribution in [0.25, 0.3) is 22.2 Å². The number of methoxy groups -OCH3 is 2. The van der Waals surface area contributed by atoms with E-state index >= 15 is 0 Å². The Bertz CT molecular complexity index is 1430. The fourth-order valence-electron chi connectivity index (χ4n) is 3.67. The maximum absolute atomic E-state index is 13.6. The maximum Gasteiger partial charge on any atom is 0.573 e. The monoisotopic (exact) mass is 511 g/mol. The van der Waals surface area contributed by atoms with E-state index in [9.17, 15) is 22.8 Å². The third-order valence-corrected chi connectivity index (χ3v) is 5.23. The lowest BCUT2D eigenvalue weighted by atomic mass is 10.0. The van der Waals surface area contributed by atoms with Crippen LogP contribution in [0.1, 0.15) is 10.4 Å². The Balaban J connectivity index is 1.77. The van der Waals surface area contributed by atoms with Crippen molar-refractivity contribution < 1.29 is 37.0 Å². The van der Waals surface area contributed by atoms with Gasteiger partial charge in [0.2, 0.25) is 0 Å². The molecule has 0 atom stereocenters. The zero-order valence-electron chi connectivity index (χ0n) is 19.6. The van der Waals surface area contributed by atoms with Crippen LogP contribution in [-0.2, 0) is 4.74 Å². The molecule has 37 heavy (non-hydrogen) atoms. The average Bonchev–Trinajstić information content (AvgIpc) is 2.90. The van der Waals surface area contributed by atoms with Gasteiger partial charge in [-0.1, -0.05) is 48.5 Å². The van der Waals surface area contributed by atoms with Gasteiger partial charge in [0.25, 0.3) is 5.91 Å². The minimum Gasteiger partial charge on any atom is -0.494 e. The summed E-state index contributed by atoms with van der Waals surface area (Å²) >= 11 is 0. The van der Waals surface area contributed by atoms with Crippen molar-refractivity contribution in [2.24, 2.45) is 0 Å². The first-order chi connectivity index (χ1) is 17.7. The summed E-state index contributed by atoms with van der Waals surface area (Å²) in [5, 5.41) is 1.21. The van der Waals surface area contributed by atoms with Crippen LogP contribution in [0.2, 0.25) is 0 Å². The Morgan fingerprint density at radius 2 is 1.54 bits per heavy atom. The predicted molar refractivity (Wildman–Crippen MR) is 129 cm³/mol. The van der Waals surface area contributed by atoms with E-state index in [2.05, 4.69) is 15.1 Å². The fourth-order valence-corrected chi connectivity index (χ4v) is 3.67. The highest BCUT2D eigenvalue weighted by Crippen LogP contribution is 2.36. The highest BCUT2D eigenvalue weighted by Gasteiger charge is 2.31. The molecule has 0 unspecified atom stereocenters. The number of rotatable bonds is 5. The van der Waals surface area contributed by atoms with Gasteiger partial charge in [-0.25, -0.2) is 9.78 Å². The molecule has 8 nitrogen and oxygen atoms in total. The highest BCUT2D eigenvalue weighted by molar-refractivity contribution is 6.12. The van der Waals surface area contributed by atoms with E-state index in [-0.39, 0.29) is 17.0 Å². The number of ether oxygens (including phenoxy) is 3. The summed E-state index contributed by atoms with van der Waals surface area (Å²) in [5.41, 5.74) is 4.19. The van der Waals surface area contributed by atoms with Gasteiger partial charge in [-0.05, 0) is 30.3 Å². The van der Waals surface area contributed by atoms with Crippen LogP contribution in [-0.4, -0.2) is 37.6 Å². The largest absolute Gasteiger partial charge is 0.573 e. The fraction of sp³-hybridized carbons (Fsp3) is 0.115. The van der Waals surface area contributed by atoms with Crippen LogP contribution in [0.5, 0.6) is 11.5 Å². The van der Waals surface area contributed by atoms with Gasteiger partial charge in [0.15, 0.2) is 5.75 Å². The average molecular weight is 511 g/mol. The van der Waals surface area contributed by atoms with Gasteiger partial charge in [0, 0.05) is 10.9 Å². The first kappa shape index (κ1) is 25.3. The van der Waals surface area contributed by atoms with Crippen molar-refractivity contribution >= 4 is 28.6 Å². The number of anilines is 1. The number of nitrogens with one attached hydrogen (secondary N) is 1. The number of alkyl halides is 3. The van der Waals surface area contributed by atoms with Gasteiger partial charge < -0.3 is 14.2 Å². The van der Waals surface area contributed by atoms with Crippen LogP contribution >= 0.6 is 0 Å². The molecular formula is C26H20F3N3O5. The molecule has 1 N–H and O–H groups in total. The quantitative estimate of drug-likeness (QED) is 0.345. The molecule has 0 fully saturated rings. The first-order valence-electron chi connectivity index (χ1n) is 10.8. The third kappa shape index (κ3) is 5.56. The molecule has 1 aromatic heterocycles. The van der Waals surface area contributed by atoms with Crippen molar-refractivity contribution in [2.75, 3.05) is 19.2 Å². The van der Waals surface area contributed by atoms with E-state index in [1.54, 1.807) is 24.3 Å². The zero-order valence-corrected chi connectivity index (χ0v) is 19.6. The zero-order chi connectivity index (χ0) is 26.6. The van der Waals surface area contributed by atoms with Crippen molar-refractivity contribution in [2.45, 2.75) is 6.36 Å². The SMILES string of the molecule is COC(=O)N(NC(=O)c1c(OC)c(-c2ccccc2)nc2ccccc12)c1ccc(OC(F)(F)F)cc1. The normalized spacial score (nSPS) is 11.1. The molecule has 0 saturated heterocycles. The number of carbonyl (C=O) groups is 2. The second-order valence-electron chi connectivity index (χ2n) is 7.54. The third-order valence-electron chi connectivity index (χ3n) is 5.23. The van der Waals surface area contributed by atoms with Crippen molar-refractivity contribution in [3.05, 3.63) is 84.4 Å². The van der Waals surface area contributed by atoms with E-state index in [1.807, 2.05) is 30.3 Å². The molecule has 4 rings (SSSR count). The molecule has 0 bridgehead atoms. The predicted octanol–water partition coefficient (Wildman–Crippen LogP) is 5.73. The number of halogens is 3. The van der Waals surface area contributed by atoms with Crippen LogP contribution in [0.15, 0.2) is 78.9 Å². The van der Waals surface area contributed by atoms with E-state index in [1.165, 1.54) is 7.11 Å². The van der Waals surface area contributed by atoms with E-state index < -0.39 is 24.1 Å². The molecule has 3 aromatic carbocycles. The number of pyridine rings is 1. The van der Waals surface area contributed by atoms with Gasteiger partial charge in [0.1, 0.15) is 11.4 Å². The minimum absolute atomic E-state index is 0.0235. The summed E-state index contributed by atoms with van der Waals surface area (Å²) < 4.78 is 51.8. The van der Waals surface area contributed by atoms with Gasteiger partial charge >= 0.3 is 12.5 Å². The molecule has 2 amide bonds. The second-order valence-corrected chi connectivity index (χ2v) is 7.54. The van der Waals surface area contributed by atoms with Crippen LogP contribution in [0, 0.1) is 0 Å². The maximum atomic E-state index is 13.6. The first-order valence-corrected chi connectivity index (χ1v) is 10.8. The molecule has 0 aliphatic heterocycles. The number of aromatic nitrogens is 1. The summed E-state index contributed by atoms with van der Waals surface area (Å²) in [6.45, 7) is 0. The van der Waals surface area contributed by atoms with Crippen molar-refractivity contribution in [3.63, 3.8) is 0 Å². The Hall–Kier alpha value is -4.80. The van der Waals surface area contributed by atoms with Gasteiger partial charge in [0.05, 0.1) is 31.0 Å². The highest BCUT2D eigenvalue weighted by atomic mass is 19.4. The molecule has 0 saturated carbocycles. The molecule has 0 spiro atoms. The number of fused-ring (bicyclic) bond motifs is 1. The Kier molecular flexibility index (Phi) is 7.14. The lowest BCUT2D eigenvalue weighted by Gasteiger charge is -2.23. The number of hydrogen-bond donors (Lipinski definition) is 1. The number of hydrogen-bond acceptors (Lipinski definition) is 6. The van der Waals surface area contributed by atoms with Gasteiger partial charge in [-0.15, -0.1) is 13.2 Å².